The van der Waals surface area contributed by atoms with Gasteiger partial charge in [0.25, 0.3) is 11.5 Å². The number of hydrogen-bond acceptors (Lipinski definition) is 3. The third kappa shape index (κ3) is 2.92. The van der Waals surface area contributed by atoms with Crippen LogP contribution in [0.3, 0.4) is 0 Å². The first-order valence-electron chi connectivity index (χ1n) is 5.97. The number of hydrogen-bond donors (Lipinski definition) is 2. The molecule has 0 unspecified atom stereocenters. The summed E-state index contributed by atoms with van der Waals surface area (Å²) in [5.74, 6) is 4.04. The van der Waals surface area contributed by atoms with E-state index >= 15 is 0 Å². The maximum absolute atomic E-state index is 13.8. The van der Waals surface area contributed by atoms with Crippen LogP contribution in [0.25, 0.3) is 0 Å². The second kappa shape index (κ2) is 5.66. The van der Waals surface area contributed by atoms with Crippen LogP contribution >= 0.6 is 0 Å². The number of nitrogens with zero attached hydrogens (tertiary/aromatic N) is 1. The van der Waals surface area contributed by atoms with Crippen LogP contribution in [-0.4, -0.2) is 10.5 Å². The summed E-state index contributed by atoms with van der Waals surface area (Å²) >= 11 is 0. The van der Waals surface area contributed by atoms with E-state index < -0.39 is 11.7 Å². The molecule has 0 spiro atoms. The lowest BCUT2D eigenvalue weighted by Crippen LogP contribution is -2.30. The van der Waals surface area contributed by atoms with E-state index in [1.54, 1.807) is 19.2 Å². The van der Waals surface area contributed by atoms with Crippen LogP contribution < -0.4 is 16.8 Å². The number of rotatable bonds is 3. The summed E-state index contributed by atoms with van der Waals surface area (Å²) in [6.07, 6.45) is 1.59. The van der Waals surface area contributed by atoms with Gasteiger partial charge in [-0.25, -0.2) is 10.2 Å². The zero-order chi connectivity index (χ0) is 14.7. The molecule has 2 rings (SSSR count). The minimum Gasteiger partial charge on any atom is -0.311 e. The Morgan fingerprint density at radius 2 is 2.10 bits per heavy atom. The Morgan fingerprint density at radius 1 is 1.35 bits per heavy atom. The van der Waals surface area contributed by atoms with Crippen LogP contribution in [0.1, 0.15) is 21.5 Å². The van der Waals surface area contributed by atoms with Gasteiger partial charge >= 0.3 is 0 Å². The van der Waals surface area contributed by atoms with Crippen LogP contribution in [0.2, 0.25) is 0 Å². The number of pyridine rings is 1. The largest absolute Gasteiger partial charge is 0.311 e. The highest BCUT2D eigenvalue weighted by atomic mass is 19.1. The highest BCUT2D eigenvalue weighted by Gasteiger charge is 2.09. The maximum Gasteiger partial charge on any atom is 0.265 e. The predicted molar refractivity (Wildman–Crippen MR) is 72.6 cm³/mol. The van der Waals surface area contributed by atoms with Crippen molar-refractivity contribution in [3.05, 3.63) is 69.4 Å². The molecule has 0 fully saturated rings. The van der Waals surface area contributed by atoms with Gasteiger partial charge in [-0.05, 0) is 36.8 Å². The van der Waals surface area contributed by atoms with E-state index in [4.69, 9.17) is 5.84 Å². The second-order valence-electron chi connectivity index (χ2n) is 4.45. The molecule has 1 amide bonds. The van der Waals surface area contributed by atoms with Crippen LogP contribution in [0.15, 0.2) is 41.3 Å². The Balaban J connectivity index is 2.37. The molecule has 1 aromatic carbocycles. The summed E-state index contributed by atoms with van der Waals surface area (Å²) in [5.41, 5.74) is 3.08. The zero-order valence-electron chi connectivity index (χ0n) is 10.9. The highest BCUT2D eigenvalue weighted by molar-refractivity contribution is 5.93. The Bertz CT molecular complexity index is 710. The van der Waals surface area contributed by atoms with E-state index in [2.05, 4.69) is 0 Å². The van der Waals surface area contributed by atoms with Crippen LogP contribution in [0, 0.1) is 12.7 Å². The van der Waals surface area contributed by atoms with Gasteiger partial charge in [-0.3, -0.25) is 15.0 Å². The number of hydrazine groups is 1. The van der Waals surface area contributed by atoms with Gasteiger partial charge in [-0.1, -0.05) is 0 Å². The fraction of sp³-hybridized carbons (Fsp3) is 0.143. The van der Waals surface area contributed by atoms with E-state index in [1.165, 1.54) is 28.8 Å². The molecule has 0 aliphatic carbocycles. The number of aryl methyl sites for hydroxylation is 1. The number of amides is 1. The van der Waals surface area contributed by atoms with E-state index in [0.29, 0.717) is 0 Å². The first-order valence-corrected chi connectivity index (χ1v) is 5.97. The van der Waals surface area contributed by atoms with Gasteiger partial charge in [0.15, 0.2) is 0 Å². The Hall–Kier alpha value is -2.47. The minimum atomic E-state index is -0.512. The molecule has 1 heterocycles. The predicted octanol–water partition coefficient (Wildman–Crippen LogP) is 0.948. The number of carbonyl (C=O) groups is 1. The minimum absolute atomic E-state index is 0.0522. The van der Waals surface area contributed by atoms with Gasteiger partial charge < -0.3 is 4.57 Å². The molecule has 0 aliphatic heterocycles. The van der Waals surface area contributed by atoms with Crippen molar-refractivity contribution >= 4 is 5.91 Å². The number of nitrogens with one attached hydrogen (secondary N) is 1. The van der Waals surface area contributed by atoms with E-state index in [9.17, 15) is 14.0 Å². The summed E-state index contributed by atoms with van der Waals surface area (Å²) in [4.78, 5) is 23.2. The second-order valence-corrected chi connectivity index (χ2v) is 4.45. The first kappa shape index (κ1) is 14.0. The topological polar surface area (TPSA) is 77.1 Å². The lowest BCUT2D eigenvalue weighted by atomic mass is 10.1. The van der Waals surface area contributed by atoms with Crippen LogP contribution in [0.5, 0.6) is 0 Å². The van der Waals surface area contributed by atoms with Gasteiger partial charge in [0, 0.05) is 23.4 Å². The molecule has 3 N–H and O–H groups in total. The van der Waals surface area contributed by atoms with Crippen molar-refractivity contribution < 1.29 is 9.18 Å². The molecule has 0 radical (unpaired) electrons. The van der Waals surface area contributed by atoms with Gasteiger partial charge in [-0.15, -0.1) is 0 Å². The average molecular weight is 275 g/mol. The summed E-state index contributed by atoms with van der Waals surface area (Å²) in [6.45, 7) is 1.86. The van der Waals surface area contributed by atoms with Gasteiger partial charge in [0.1, 0.15) is 5.82 Å². The van der Waals surface area contributed by atoms with Crippen molar-refractivity contribution in [2.24, 2.45) is 5.84 Å². The number of aromatic nitrogens is 1. The molecular weight excluding hydrogens is 261 g/mol. The van der Waals surface area contributed by atoms with E-state index in [1.807, 2.05) is 5.43 Å². The average Bonchev–Trinajstić information content (AvgIpc) is 2.43. The molecule has 20 heavy (non-hydrogen) atoms. The summed E-state index contributed by atoms with van der Waals surface area (Å²) in [6, 6.07) is 7.12. The van der Waals surface area contributed by atoms with E-state index in [-0.39, 0.29) is 23.2 Å². The zero-order valence-corrected chi connectivity index (χ0v) is 10.9. The third-order valence-corrected chi connectivity index (χ3v) is 2.93. The number of nitrogen functional groups attached to an aromatic ring is 1. The third-order valence-electron chi connectivity index (χ3n) is 2.93. The summed E-state index contributed by atoms with van der Waals surface area (Å²) in [5, 5.41) is 0. The fourth-order valence-electron chi connectivity index (χ4n) is 1.84. The standard InChI is InChI=1S/C14H14FN3O2/c1-9-4-5-18(13(19)6-9)8-11-7-10(14(20)17-16)2-3-12(11)15/h2-7H,8,16H2,1H3,(H,17,20). The van der Waals surface area contributed by atoms with Crippen LogP contribution in [0.4, 0.5) is 4.39 Å². The van der Waals surface area contributed by atoms with Crippen molar-refractivity contribution in [3.63, 3.8) is 0 Å². The monoisotopic (exact) mass is 275 g/mol. The Labute approximate surface area is 114 Å². The smallest absolute Gasteiger partial charge is 0.265 e. The summed E-state index contributed by atoms with van der Waals surface area (Å²) < 4.78 is 15.1. The first-order chi connectivity index (χ1) is 9.51. The molecule has 0 atom stereocenters. The van der Waals surface area contributed by atoms with Crippen molar-refractivity contribution in [1.82, 2.24) is 9.99 Å². The normalized spacial score (nSPS) is 10.3. The molecule has 0 saturated heterocycles. The molecule has 0 aliphatic rings. The molecule has 6 heteroatoms. The molecular formula is C14H14FN3O2. The fourth-order valence-corrected chi connectivity index (χ4v) is 1.84. The van der Waals surface area contributed by atoms with Crippen LogP contribution in [-0.2, 0) is 6.54 Å². The lowest BCUT2D eigenvalue weighted by Gasteiger charge is -2.09. The van der Waals surface area contributed by atoms with Gasteiger partial charge in [0.05, 0.1) is 6.54 Å². The van der Waals surface area contributed by atoms with Crippen molar-refractivity contribution in [2.45, 2.75) is 13.5 Å². The SMILES string of the molecule is Cc1ccn(Cc2cc(C(=O)NN)ccc2F)c(=O)c1. The molecule has 0 bridgehead atoms. The molecule has 0 saturated carbocycles. The highest BCUT2D eigenvalue weighted by Crippen LogP contribution is 2.12. The van der Waals surface area contributed by atoms with E-state index in [0.717, 1.165) is 5.56 Å². The number of nitrogens with two attached hydrogens (primary N) is 1. The quantitative estimate of drug-likeness (QED) is 0.497. The maximum atomic E-state index is 13.8. The Kier molecular flexibility index (Phi) is 3.95. The van der Waals surface area contributed by atoms with Crippen molar-refractivity contribution in [3.8, 4) is 0 Å². The molecule has 1 aromatic heterocycles. The number of carbonyl (C=O) groups excluding carboxylic acids is 1. The lowest BCUT2D eigenvalue weighted by molar-refractivity contribution is 0.0953. The van der Waals surface area contributed by atoms with Gasteiger partial charge in [-0.2, -0.15) is 0 Å². The molecule has 104 valence electrons. The number of halogens is 1. The van der Waals surface area contributed by atoms with Gasteiger partial charge in [0.2, 0.25) is 0 Å². The summed E-state index contributed by atoms with van der Waals surface area (Å²) in [7, 11) is 0. The molecule has 2 aromatic rings. The number of benzene rings is 1. The molecule has 5 nitrogen and oxygen atoms in total. The van der Waals surface area contributed by atoms with Crippen molar-refractivity contribution in [2.75, 3.05) is 0 Å². The Morgan fingerprint density at radius 3 is 2.75 bits per heavy atom. The van der Waals surface area contributed by atoms with Crippen molar-refractivity contribution in [1.29, 1.82) is 0 Å².